The average Bonchev–Trinajstić information content (AvgIpc) is 2.66. The minimum Gasteiger partial charge on any atom is -0.353 e. The molecule has 0 saturated heterocycles. The van der Waals surface area contributed by atoms with Crippen LogP contribution in [-0.2, 0) is 19.8 Å². The van der Waals surface area contributed by atoms with Crippen LogP contribution in [0.3, 0.4) is 0 Å². The molecule has 1 heterocycles. The smallest absolute Gasteiger partial charge is 0.336 e. The number of ketones is 1. The second kappa shape index (κ2) is 6.10. The average molecular weight is 261 g/mol. The van der Waals surface area contributed by atoms with Crippen LogP contribution in [0, 0.1) is 0 Å². The molecular weight excluding hydrogens is 245 g/mol. The van der Waals surface area contributed by atoms with Crippen LogP contribution in [-0.4, -0.2) is 24.2 Å². The monoisotopic (exact) mass is 261 g/mol. The summed E-state index contributed by atoms with van der Waals surface area (Å²) in [4.78, 5) is 11.0. The van der Waals surface area contributed by atoms with E-state index in [1.54, 1.807) is 13.8 Å². The lowest BCUT2D eigenvalue weighted by Crippen LogP contribution is -1.99. The van der Waals surface area contributed by atoms with E-state index >= 15 is 0 Å². The van der Waals surface area contributed by atoms with Gasteiger partial charge in [0.15, 0.2) is 5.78 Å². The van der Waals surface area contributed by atoms with Crippen molar-refractivity contribution in [1.82, 2.24) is 5.16 Å². The molecule has 0 bridgehead atoms. The predicted molar refractivity (Wildman–Crippen MR) is 61.1 cm³/mol. The Balaban J connectivity index is 2.78. The fourth-order valence-corrected chi connectivity index (χ4v) is 2.86. The van der Waals surface area contributed by atoms with Crippen LogP contribution in [0.15, 0.2) is 10.6 Å². The van der Waals surface area contributed by atoms with Gasteiger partial charge in [0.05, 0.1) is 25.1 Å². The Kier molecular flexibility index (Phi) is 5.05. The first-order valence-corrected chi connectivity index (χ1v) is 7.08. The van der Waals surface area contributed by atoms with Gasteiger partial charge in [-0.25, -0.2) is 0 Å². The van der Waals surface area contributed by atoms with E-state index in [-0.39, 0.29) is 30.9 Å². The highest BCUT2D eigenvalue weighted by molar-refractivity contribution is 7.53. The lowest BCUT2D eigenvalue weighted by molar-refractivity contribution is 0.0978. The summed E-state index contributed by atoms with van der Waals surface area (Å²) in [5, 5.41) is 3.66. The summed E-state index contributed by atoms with van der Waals surface area (Å²) >= 11 is 0. The Labute approximate surface area is 99.8 Å². The van der Waals surface area contributed by atoms with Gasteiger partial charge in [0.1, 0.15) is 0 Å². The molecule has 0 aliphatic rings. The number of Topliss-reactive ketones (excluding diaryl/α,β-unsaturated/α-hetero) is 1. The van der Waals surface area contributed by atoms with Crippen molar-refractivity contribution in [3.05, 3.63) is 17.5 Å². The molecule has 96 valence electrons. The second-order valence-corrected chi connectivity index (χ2v) is 5.40. The van der Waals surface area contributed by atoms with Crippen LogP contribution < -0.4 is 0 Å². The van der Waals surface area contributed by atoms with E-state index in [9.17, 15) is 9.36 Å². The van der Waals surface area contributed by atoms with Gasteiger partial charge in [0.2, 0.25) is 5.76 Å². The maximum absolute atomic E-state index is 12.2. The molecule has 0 aromatic carbocycles. The number of carbonyl (C=O) groups excluding carboxylic acids is 1. The summed E-state index contributed by atoms with van der Waals surface area (Å²) in [6.07, 6.45) is 0.00542. The lowest BCUT2D eigenvalue weighted by Gasteiger charge is -2.15. The van der Waals surface area contributed by atoms with Crippen LogP contribution in [0.2, 0.25) is 0 Å². The van der Waals surface area contributed by atoms with E-state index in [4.69, 9.17) is 13.6 Å². The van der Waals surface area contributed by atoms with E-state index in [1.165, 1.54) is 13.0 Å². The van der Waals surface area contributed by atoms with E-state index in [1.807, 2.05) is 0 Å². The highest BCUT2D eigenvalue weighted by Crippen LogP contribution is 2.51. The molecule has 0 spiro atoms. The fourth-order valence-electron chi connectivity index (χ4n) is 1.27. The Morgan fingerprint density at radius 2 is 2.00 bits per heavy atom. The first-order valence-electron chi connectivity index (χ1n) is 5.35. The quantitative estimate of drug-likeness (QED) is 0.554. The molecule has 1 aromatic heterocycles. The van der Waals surface area contributed by atoms with Crippen LogP contribution in [0.1, 0.15) is 37.0 Å². The van der Waals surface area contributed by atoms with E-state index in [0.29, 0.717) is 5.69 Å². The van der Waals surface area contributed by atoms with Gasteiger partial charge in [-0.05, 0) is 13.8 Å². The molecule has 1 aromatic rings. The number of carbonyl (C=O) groups is 1. The van der Waals surface area contributed by atoms with Crippen molar-refractivity contribution in [3.63, 3.8) is 0 Å². The van der Waals surface area contributed by atoms with Crippen molar-refractivity contribution in [3.8, 4) is 0 Å². The highest BCUT2D eigenvalue weighted by Gasteiger charge is 2.26. The Bertz CT molecular complexity index is 418. The molecule has 6 nitrogen and oxygen atoms in total. The van der Waals surface area contributed by atoms with Gasteiger partial charge in [-0.15, -0.1) is 0 Å². The lowest BCUT2D eigenvalue weighted by atomic mass is 10.3. The first-order chi connectivity index (χ1) is 8.00. The van der Waals surface area contributed by atoms with Crippen LogP contribution in [0.4, 0.5) is 0 Å². The van der Waals surface area contributed by atoms with E-state index in [2.05, 4.69) is 5.16 Å². The van der Waals surface area contributed by atoms with Crippen molar-refractivity contribution >= 4 is 13.4 Å². The zero-order valence-corrected chi connectivity index (χ0v) is 11.0. The van der Waals surface area contributed by atoms with Crippen LogP contribution in [0.5, 0.6) is 0 Å². The van der Waals surface area contributed by atoms with Gasteiger partial charge in [-0.3, -0.25) is 9.36 Å². The van der Waals surface area contributed by atoms with Crippen molar-refractivity contribution in [2.45, 2.75) is 26.9 Å². The largest absolute Gasteiger partial charge is 0.353 e. The molecule has 0 amide bonds. The summed E-state index contributed by atoms with van der Waals surface area (Å²) < 4.78 is 27.2. The molecule has 1 rings (SSSR count). The minimum absolute atomic E-state index is 0.00542. The maximum atomic E-state index is 12.2. The second-order valence-electron chi connectivity index (χ2n) is 3.34. The number of hydrogen-bond acceptors (Lipinski definition) is 6. The Morgan fingerprint density at radius 3 is 2.41 bits per heavy atom. The molecule has 0 fully saturated rings. The van der Waals surface area contributed by atoms with Gasteiger partial charge >= 0.3 is 7.60 Å². The molecule has 0 N–H and O–H groups in total. The first kappa shape index (κ1) is 14.1. The summed E-state index contributed by atoms with van der Waals surface area (Å²) in [6.45, 7) is 5.41. The fraction of sp³-hybridized carbons (Fsp3) is 0.600. The summed E-state index contributed by atoms with van der Waals surface area (Å²) in [6, 6.07) is 1.45. The summed E-state index contributed by atoms with van der Waals surface area (Å²) in [5.41, 5.74) is 0.389. The molecule has 17 heavy (non-hydrogen) atoms. The third-order valence-corrected chi connectivity index (χ3v) is 3.93. The zero-order valence-electron chi connectivity index (χ0n) is 10.1. The third-order valence-electron chi connectivity index (χ3n) is 1.91. The summed E-state index contributed by atoms with van der Waals surface area (Å²) in [7, 11) is -3.19. The van der Waals surface area contributed by atoms with E-state index < -0.39 is 7.60 Å². The Hall–Kier alpha value is -0.970. The molecule has 0 atom stereocenters. The molecule has 0 saturated carbocycles. The molecular formula is C10H16NO5P. The van der Waals surface area contributed by atoms with E-state index in [0.717, 1.165) is 0 Å². The molecule has 7 heteroatoms. The summed E-state index contributed by atoms with van der Waals surface area (Å²) in [5.74, 6) is -0.0917. The van der Waals surface area contributed by atoms with Gasteiger partial charge in [-0.1, -0.05) is 5.16 Å². The van der Waals surface area contributed by atoms with Crippen LogP contribution in [0.25, 0.3) is 0 Å². The number of aromatic nitrogens is 1. The highest BCUT2D eigenvalue weighted by atomic mass is 31.2. The third kappa shape index (κ3) is 4.07. The topological polar surface area (TPSA) is 78.6 Å². The van der Waals surface area contributed by atoms with Crippen molar-refractivity contribution in [2.24, 2.45) is 0 Å². The van der Waals surface area contributed by atoms with Gasteiger partial charge < -0.3 is 13.6 Å². The van der Waals surface area contributed by atoms with Crippen molar-refractivity contribution in [1.29, 1.82) is 0 Å². The van der Waals surface area contributed by atoms with Crippen molar-refractivity contribution in [2.75, 3.05) is 13.2 Å². The molecule has 0 aliphatic carbocycles. The normalized spacial score (nSPS) is 11.7. The SMILES string of the molecule is CCOP(=O)(Cc1cc(C(C)=O)on1)OCC. The molecule has 0 radical (unpaired) electrons. The molecule has 0 aliphatic heterocycles. The number of nitrogens with zero attached hydrogens (tertiary/aromatic N) is 1. The predicted octanol–water partition coefficient (Wildman–Crippen LogP) is 2.64. The molecule has 0 unspecified atom stereocenters. The standard InChI is InChI=1S/C10H16NO5P/c1-4-14-17(13,15-5-2)7-9-6-10(8(3)12)16-11-9/h6H,4-5,7H2,1-3H3. The van der Waals surface area contributed by atoms with Gasteiger partial charge in [0, 0.05) is 13.0 Å². The number of hydrogen-bond donors (Lipinski definition) is 0. The number of rotatable bonds is 7. The van der Waals surface area contributed by atoms with Crippen molar-refractivity contribution < 1.29 is 22.9 Å². The minimum atomic E-state index is -3.19. The van der Waals surface area contributed by atoms with Gasteiger partial charge in [-0.2, -0.15) is 0 Å². The zero-order chi connectivity index (χ0) is 12.9. The van der Waals surface area contributed by atoms with Crippen LogP contribution >= 0.6 is 7.60 Å². The van der Waals surface area contributed by atoms with Gasteiger partial charge in [0.25, 0.3) is 0 Å². The Morgan fingerprint density at radius 1 is 1.41 bits per heavy atom. The maximum Gasteiger partial charge on any atom is 0.336 e.